The third kappa shape index (κ3) is 6.67. The molecule has 0 bridgehead atoms. The maximum atomic E-state index is 12.0. The SMILES string of the molecule is Nc1ccccc1CC(=O)CCCCCSc1ccc(Cl)cc1. The molecule has 0 atom stereocenters. The summed E-state index contributed by atoms with van der Waals surface area (Å²) in [4.78, 5) is 13.2. The van der Waals surface area contributed by atoms with E-state index >= 15 is 0 Å². The summed E-state index contributed by atoms with van der Waals surface area (Å²) < 4.78 is 0. The normalized spacial score (nSPS) is 10.7. The minimum absolute atomic E-state index is 0.272. The van der Waals surface area contributed by atoms with Gasteiger partial charge in [-0.15, -0.1) is 11.8 Å². The molecule has 0 aliphatic carbocycles. The molecule has 23 heavy (non-hydrogen) atoms. The van der Waals surface area contributed by atoms with E-state index in [4.69, 9.17) is 17.3 Å². The fraction of sp³-hybridized carbons (Fsp3) is 0.316. The smallest absolute Gasteiger partial charge is 0.137 e. The van der Waals surface area contributed by atoms with E-state index in [2.05, 4.69) is 0 Å². The highest BCUT2D eigenvalue weighted by molar-refractivity contribution is 7.99. The molecule has 0 radical (unpaired) electrons. The topological polar surface area (TPSA) is 43.1 Å². The number of halogens is 1. The molecule has 0 aromatic heterocycles. The van der Waals surface area contributed by atoms with Crippen molar-refractivity contribution in [1.82, 2.24) is 0 Å². The number of nitrogens with two attached hydrogens (primary N) is 1. The number of Topliss-reactive ketones (excluding diaryl/α,β-unsaturated/α-hetero) is 1. The van der Waals surface area contributed by atoms with Gasteiger partial charge in [0.15, 0.2) is 0 Å². The van der Waals surface area contributed by atoms with Crippen LogP contribution >= 0.6 is 23.4 Å². The van der Waals surface area contributed by atoms with Gasteiger partial charge in [-0.05, 0) is 54.5 Å². The molecule has 0 aliphatic heterocycles. The van der Waals surface area contributed by atoms with Crippen LogP contribution in [0.1, 0.15) is 31.2 Å². The summed E-state index contributed by atoms with van der Waals surface area (Å²) in [5.74, 6) is 1.34. The van der Waals surface area contributed by atoms with Gasteiger partial charge in [0.05, 0.1) is 0 Å². The molecule has 0 amide bonds. The van der Waals surface area contributed by atoms with Crippen LogP contribution < -0.4 is 5.73 Å². The standard InChI is InChI=1S/C19H22ClNOS/c20-16-9-11-18(12-10-16)23-13-5-1-2-7-17(22)14-15-6-3-4-8-19(15)21/h3-4,6,8-12H,1-2,5,7,13-14,21H2. The molecule has 0 unspecified atom stereocenters. The molecule has 0 fully saturated rings. The zero-order valence-electron chi connectivity index (χ0n) is 13.1. The largest absolute Gasteiger partial charge is 0.398 e. The number of nitrogen functional groups attached to an aromatic ring is 1. The summed E-state index contributed by atoms with van der Waals surface area (Å²) >= 11 is 7.70. The number of ketones is 1. The van der Waals surface area contributed by atoms with Gasteiger partial charge in [0.2, 0.25) is 0 Å². The fourth-order valence-electron chi connectivity index (χ4n) is 2.32. The molecular weight excluding hydrogens is 326 g/mol. The Morgan fingerprint density at radius 1 is 1.00 bits per heavy atom. The molecule has 2 aromatic rings. The third-order valence-corrected chi connectivity index (χ3v) is 4.98. The van der Waals surface area contributed by atoms with Crippen molar-refractivity contribution >= 4 is 34.8 Å². The van der Waals surface area contributed by atoms with Crippen LogP contribution in [0.25, 0.3) is 0 Å². The number of anilines is 1. The highest BCUT2D eigenvalue weighted by atomic mass is 35.5. The molecule has 0 aliphatic rings. The van der Waals surface area contributed by atoms with E-state index in [9.17, 15) is 4.79 Å². The van der Waals surface area contributed by atoms with Gasteiger partial charge in [0.25, 0.3) is 0 Å². The van der Waals surface area contributed by atoms with Crippen molar-refractivity contribution in [3.8, 4) is 0 Å². The molecule has 122 valence electrons. The summed E-state index contributed by atoms with van der Waals surface area (Å²) in [6.07, 6.45) is 4.24. The van der Waals surface area contributed by atoms with Crippen LogP contribution in [0.2, 0.25) is 5.02 Å². The van der Waals surface area contributed by atoms with Crippen LogP contribution in [0.3, 0.4) is 0 Å². The second kappa shape index (κ2) is 9.64. The number of carbonyl (C=O) groups is 1. The van der Waals surface area contributed by atoms with Crippen LogP contribution in [-0.2, 0) is 11.2 Å². The van der Waals surface area contributed by atoms with E-state index in [1.807, 2.05) is 60.3 Å². The van der Waals surface area contributed by atoms with E-state index < -0.39 is 0 Å². The van der Waals surface area contributed by atoms with Gasteiger partial charge in [-0.1, -0.05) is 36.2 Å². The lowest BCUT2D eigenvalue weighted by Gasteiger charge is -2.05. The molecule has 2 rings (SSSR count). The van der Waals surface area contributed by atoms with Crippen molar-refractivity contribution < 1.29 is 4.79 Å². The Hall–Kier alpha value is -1.45. The highest BCUT2D eigenvalue weighted by Crippen LogP contribution is 2.22. The van der Waals surface area contributed by atoms with Crippen LogP contribution in [0.15, 0.2) is 53.4 Å². The van der Waals surface area contributed by atoms with Gasteiger partial charge in [-0.3, -0.25) is 4.79 Å². The first-order valence-corrected chi connectivity index (χ1v) is 9.25. The number of thioether (sulfide) groups is 1. The van der Waals surface area contributed by atoms with E-state index in [0.717, 1.165) is 35.6 Å². The lowest BCUT2D eigenvalue weighted by atomic mass is 10.0. The van der Waals surface area contributed by atoms with Crippen LogP contribution in [0.4, 0.5) is 5.69 Å². The maximum Gasteiger partial charge on any atom is 0.137 e. The molecule has 4 heteroatoms. The molecule has 2 N–H and O–H groups in total. The molecule has 0 spiro atoms. The average molecular weight is 348 g/mol. The zero-order chi connectivity index (χ0) is 16.5. The molecule has 0 saturated carbocycles. The number of carbonyl (C=O) groups excluding carboxylic acids is 1. The first-order valence-electron chi connectivity index (χ1n) is 7.88. The van der Waals surface area contributed by atoms with Gasteiger partial charge in [0.1, 0.15) is 5.78 Å². The van der Waals surface area contributed by atoms with E-state index in [0.29, 0.717) is 18.5 Å². The minimum Gasteiger partial charge on any atom is -0.398 e. The Morgan fingerprint density at radius 3 is 2.48 bits per heavy atom. The van der Waals surface area contributed by atoms with Crippen molar-refractivity contribution in [2.45, 2.75) is 37.0 Å². The summed E-state index contributed by atoms with van der Waals surface area (Å²) in [5, 5.41) is 0.770. The number of hydrogen-bond donors (Lipinski definition) is 1. The zero-order valence-corrected chi connectivity index (χ0v) is 14.7. The lowest BCUT2D eigenvalue weighted by Crippen LogP contribution is -2.05. The summed E-state index contributed by atoms with van der Waals surface area (Å²) in [5.41, 5.74) is 7.51. The number of rotatable bonds is 9. The van der Waals surface area contributed by atoms with Crippen LogP contribution in [0, 0.1) is 0 Å². The van der Waals surface area contributed by atoms with Gasteiger partial charge >= 0.3 is 0 Å². The third-order valence-electron chi connectivity index (χ3n) is 3.63. The quantitative estimate of drug-likeness (QED) is 0.376. The molecular formula is C19H22ClNOS. The predicted octanol–water partition coefficient (Wildman–Crippen LogP) is 5.39. The minimum atomic E-state index is 0.272. The van der Waals surface area contributed by atoms with Crippen molar-refractivity contribution in [1.29, 1.82) is 0 Å². The lowest BCUT2D eigenvalue weighted by molar-refractivity contribution is -0.118. The van der Waals surface area contributed by atoms with E-state index in [1.165, 1.54) is 4.90 Å². The summed E-state index contributed by atoms with van der Waals surface area (Å²) in [6.45, 7) is 0. The number of hydrogen-bond acceptors (Lipinski definition) is 3. The molecule has 2 aromatic carbocycles. The molecule has 2 nitrogen and oxygen atoms in total. The first-order chi connectivity index (χ1) is 11.1. The average Bonchev–Trinajstić information content (AvgIpc) is 2.54. The number of unbranched alkanes of at least 4 members (excludes halogenated alkanes) is 2. The van der Waals surface area contributed by atoms with Crippen molar-refractivity contribution in [2.24, 2.45) is 0 Å². The predicted molar refractivity (Wildman–Crippen MR) is 100 cm³/mol. The Kier molecular flexibility index (Phi) is 7.50. The van der Waals surface area contributed by atoms with Gasteiger partial charge < -0.3 is 5.73 Å². The summed E-state index contributed by atoms with van der Waals surface area (Å²) in [6, 6.07) is 15.5. The first kappa shape index (κ1) is 17.9. The Bertz CT molecular complexity index is 628. The number of para-hydroxylation sites is 1. The van der Waals surface area contributed by atoms with Crippen molar-refractivity contribution in [2.75, 3.05) is 11.5 Å². The van der Waals surface area contributed by atoms with Crippen molar-refractivity contribution in [3.63, 3.8) is 0 Å². The molecule has 0 heterocycles. The maximum absolute atomic E-state index is 12.0. The van der Waals surface area contributed by atoms with Gasteiger partial charge in [-0.2, -0.15) is 0 Å². The molecule has 0 saturated heterocycles. The van der Waals surface area contributed by atoms with Crippen LogP contribution in [0.5, 0.6) is 0 Å². The second-order valence-corrected chi connectivity index (χ2v) is 7.13. The van der Waals surface area contributed by atoms with Gasteiger partial charge in [0, 0.05) is 28.4 Å². The van der Waals surface area contributed by atoms with E-state index in [-0.39, 0.29) is 5.78 Å². The van der Waals surface area contributed by atoms with Crippen LogP contribution in [-0.4, -0.2) is 11.5 Å². The van der Waals surface area contributed by atoms with Gasteiger partial charge in [-0.25, -0.2) is 0 Å². The Labute approximate surface area is 147 Å². The van der Waals surface area contributed by atoms with E-state index in [1.54, 1.807) is 0 Å². The van der Waals surface area contributed by atoms with Crippen molar-refractivity contribution in [3.05, 3.63) is 59.1 Å². The monoisotopic (exact) mass is 347 g/mol. The fourth-order valence-corrected chi connectivity index (χ4v) is 3.36. The number of benzene rings is 2. The highest BCUT2D eigenvalue weighted by Gasteiger charge is 2.06. The Balaban J connectivity index is 1.57. The Morgan fingerprint density at radius 2 is 1.74 bits per heavy atom. The second-order valence-electron chi connectivity index (χ2n) is 5.53. The summed E-state index contributed by atoms with van der Waals surface area (Å²) in [7, 11) is 0.